The molecule has 22 heavy (non-hydrogen) atoms. The lowest BCUT2D eigenvalue weighted by Gasteiger charge is -2.49. The lowest BCUT2D eigenvalue weighted by atomic mass is 9.99. The molecule has 1 saturated heterocycles. The third-order valence-corrected chi connectivity index (χ3v) is 4.37. The number of likely N-dealkylation sites (N-methyl/N-ethyl adjacent to an activating group) is 1. The summed E-state index contributed by atoms with van der Waals surface area (Å²) in [4.78, 5) is 26.1. The van der Waals surface area contributed by atoms with E-state index in [4.69, 9.17) is 0 Å². The van der Waals surface area contributed by atoms with Crippen molar-refractivity contribution in [2.24, 2.45) is 0 Å². The first-order valence-corrected chi connectivity index (χ1v) is 7.39. The molecule has 0 spiro atoms. The van der Waals surface area contributed by atoms with Gasteiger partial charge < -0.3 is 14.8 Å². The molecular formula is C16H23N3O3. The molecule has 1 aromatic rings. The molecule has 1 heterocycles. The number of rotatable bonds is 4. The highest BCUT2D eigenvalue weighted by molar-refractivity contribution is 5.69. The molecule has 0 bridgehead atoms. The molecule has 1 aromatic carbocycles. The maximum Gasteiger partial charge on any atom is 0.408 e. The number of piperazine rings is 1. The van der Waals surface area contributed by atoms with Crippen molar-refractivity contribution in [2.45, 2.75) is 25.9 Å². The minimum Gasteiger partial charge on any atom is -0.465 e. The predicted octanol–water partition coefficient (Wildman–Crippen LogP) is 1.61. The molecule has 1 amide bonds. The Kier molecular flexibility index (Phi) is 4.71. The number of carboxylic acid groups (broad SMARTS) is 1. The fraction of sp³-hybridized carbons (Fsp3) is 0.500. The SMILES string of the molecule is CNC1(CC=O)CN(c2ccc(C)cc2C)CCN1C(=O)O. The van der Waals surface area contributed by atoms with Crippen LogP contribution in [0, 0.1) is 13.8 Å². The molecule has 1 aliphatic heterocycles. The number of aldehydes is 1. The van der Waals surface area contributed by atoms with Crippen LogP contribution in [-0.4, -0.2) is 54.7 Å². The van der Waals surface area contributed by atoms with Crippen LogP contribution in [0.2, 0.25) is 0 Å². The van der Waals surface area contributed by atoms with E-state index in [-0.39, 0.29) is 6.42 Å². The first-order chi connectivity index (χ1) is 10.4. The summed E-state index contributed by atoms with van der Waals surface area (Å²) in [6.07, 6.45) is -0.105. The van der Waals surface area contributed by atoms with Gasteiger partial charge in [-0.2, -0.15) is 0 Å². The van der Waals surface area contributed by atoms with Gasteiger partial charge in [0.2, 0.25) is 0 Å². The molecule has 6 nitrogen and oxygen atoms in total. The number of amides is 1. The van der Waals surface area contributed by atoms with E-state index in [0.29, 0.717) is 19.6 Å². The van der Waals surface area contributed by atoms with Gasteiger partial charge in [0, 0.05) is 25.2 Å². The minimum atomic E-state index is -1.00. The topological polar surface area (TPSA) is 72.9 Å². The Hall–Kier alpha value is -2.08. The van der Waals surface area contributed by atoms with Gasteiger partial charge in [0.05, 0.1) is 6.54 Å². The maximum atomic E-state index is 11.5. The Balaban J connectivity index is 2.34. The predicted molar refractivity (Wildman–Crippen MR) is 85.3 cm³/mol. The molecular weight excluding hydrogens is 282 g/mol. The Morgan fingerprint density at radius 2 is 2.14 bits per heavy atom. The fourth-order valence-electron chi connectivity index (χ4n) is 3.19. The van der Waals surface area contributed by atoms with Crippen LogP contribution < -0.4 is 10.2 Å². The van der Waals surface area contributed by atoms with E-state index in [9.17, 15) is 14.7 Å². The van der Waals surface area contributed by atoms with Crippen LogP contribution in [0.5, 0.6) is 0 Å². The van der Waals surface area contributed by atoms with Crippen molar-refractivity contribution in [3.05, 3.63) is 29.3 Å². The minimum absolute atomic E-state index is 0.122. The lowest BCUT2D eigenvalue weighted by molar-refractivity contribution is -0.110. The summed E-state index contributed by atoms with van der Waals surface area (Å²) in [5.74, 6) is 0. The van der Waals surface area contributed by atoms with Crippen LogP contribution in [0.4, 0.5) is 10.5 Å². The lowest BCUT2D eigenvalue weighted by Crippen LogP contribution is -2.70. The number of benzene rings is 1. The van der Waals surface area contributed by atoms with Crippen molar-refractivity contribution in [1.82, 2.24) is 10.2 Å². The smallest absolute Gasteiger partial charge is 0.408 e. The summed E-state index contributed by atoms with van der Waals surface area (Å²) >= 11 is 0. The zero-order valence-corrected chi connectivity index (χ0v) is 13.3. The average molecular weight is 305 g/mol. The number of hydrogen-bond acceptors (Lipinski definition) is 4. The first-order valence-electron chi connectivity index (χ1n) is 7.39. The Morgan fingerprint density at radius 1 is 1.41 bits per heavy atom. The Morgan fingerprint density at radius 3 is 2.68 bits per heavy atom. The van der Waals surface area contributed by atoms with Gasteiger partial charge in [-0.15, -0.1) is 0 Å². The maximum absolute atomic E-state index is 11.5. The summed E-state index contributed by atoms with van der Waals surface area (Å²) in [6, 6.07) is 6.22. The number of anilines is 1. The van der Waals surface area contributed by atoms with Crippen LogP contribution in [0.1, 0.15) is 17.5 Å². The van der Waals surface area contributed by atoms with Crippen molar-refractivity contribution in [2.75, 3.05) is 31.6 Å². The highest BCUT2D eigenvalue weighted by Gasteiger charge is 2.43. The van der Waals surface area contributed by atoms with Crippen LogP contribution in [0.15, 0.2) is 18.2 Å². The summed E-state index contributed by atoms with van der Waals surface area (Å²) in [7, 11) is 1.70. The summed E-state index contributed by atoms with van der Waals surface area (Å²) in [6.45, 7) is 5.50. The highest BCUT2D eigenvalue weighted by Crippen LogP contribution is 2.29. The molecule has 2 N–H and O–H groups in total. The second-order valence-corrected chi connectivity index (χ2v) is 5.80. The van der Waals surface area contributed by atoms with Crippen molar-refractivity contribution >= 4 is 18.1 Å². The quantitative estimate of drug-likeness (QED) is 0.827. The molecule has 1 unspecified atom stereocenters. The molecule has 1 atom stereocenters. The van der Waals surface area contributed by atoms with Gasteiger partial charge in [-0.1, -0.05) is 17.7 Å². The van der Waals surface area contributed by atoms with Gasteiger partial charge in [0.15, 0.2) is 0 Å². The van der Waals surface area contributed by atoms with Crippen LogP contribution in [-0.2, 0) is 4.79 Å². The Labute approximate surface area is 130 Å². The highest BCUT2D eigenvalue weighted by atomic mass is 16.4. The zero-order chi connectivity index (χ0) is 16.3. The molecule has 0 aliphatic carbocycles. The van der Waals surface area contributed by atoms with Gasteiger partial charge >= 0.3 is 6.09 Å². The van der Waals surface area contributed by atoms with E-state index in [1.807, 2.05) is 19.9 Å². The normalized spacial score (nSPS) is 21.8. The van der Waals surface area contributed by atoms with Gasteiger partial charge in [0.25, 0.3) is 0 Å². The molecule has 0 saturated carbocycles. The number of carbonyl (C=O) groups excluding carboxylic acids is 1. The standard InChI is InChI=1S/C16H23N3O3/c1-12-4-5-14(13(2)10-12)18-7-8-19(15(21)22)16(11-18,17-3)6-9-20/h4-5,9-10,17H,6-8,11H2,1-3H3,(H,21,22). The van der Waals surface area contributed by atoms with E-state index in [0.717, 1.165) is 17.5 Å². The number of aryl methyl sites for hydroxylation is 2. The van der Waals surface area contributed by atoms with Crippen molar-refractivity contribution in [3.63, 3.8) is 0 Å². The molecule has 6 heteroatoms. The number of carbonyl (C=O) groups is 2. The van der Waals surface area contributed by atoms with E-state index in [1.165, 1.54) is 10.5 Å². The monoisotopic (exact) mass is 305 g/mol. The molecule has 0 radical (unpaired) electrons. The summed E-state index contributed by atoms with van der Waals surface area (Å²) in [5, 5.41) is 12.5. The van der Waals surface area contributed by atoms with Gasteiger partial charge in [-0.3, -0.25) is 10.2 Å². The van der Waals surface area contributed by atoms with Crippen molar-refractivity contribution in [3.8, 4) is 0 Å². The first kappa shape index (κ1) is 16.3. The molecule has 2 rings (SSSR count). The van der Waals surface area contributed by atoms with Gasteiger partial charge in [-0.25, -0.2) is 4.79 Å². The number of hydrogen-bond donors (Lipinski definition) is 2. The molecule has 1 fully saturated rings. The van der Waals surface area contributed by atoms with Crippen molar-refractivity contribution < 1.29 is 14.7 Å². The largest absolute Gasteiger partial charge is 0.465 e. The summed E-state index contributed by atoms with van der Waals surface area (Å²) in [5.41, 5.74) is 2.54. The Bertz CT molecular complexity index is 576. The van der Waals surface area contributed by atoms with Crippen molar-refractivity contribution in [1.29, 1.82) is 0 Å². The summed E-state index contributed by atoms with van der Waals surface area (Å²) < 4.78 is 0. The van der Waals surface area contributed by atoms with Gasteiger partial charge in [-0.05, 0) is 32.5 Å². The second-order valence-electron chi connectivity index (χ2n) is 5.80. The fourth-order valence-corrected chi connectivity index (χ4v) is 3.19. The molecule has 0 aromatic heterocycles. The second kappa shape index (κ2) is 6.36. The van der Waals surface area contributed by atoms with Crippen LogP contribution in [0.3, 0.4) is 0 Å². The number of nitrogens with one attached hydrogen (secondary N) is 1. The third kappa shape index (κ3) is 2.92. The zero-order valence-electron chi connectivity index (χ0n) is 13.3. The average Bonchev–Trinajstić information content (AvgIpc) is 2.47. The number of nitrogens with zero attached hydrogens (tertiary/aromatic N) is 2. The molecule has 120 valence electrons. The van der Waals surface area contributed by atoms with E-state index >= 15 is 0 Å². The van der Waals surface area contributed by atoms with E-state index in [2.05, 4.69) is 22.3 Å². The third-order valence-electron chi connectivity index (χ3n) is 4.37. The van der Waals surface area contributed by atoms with Gasteiger partial charge in [0.1, 0.15) is 11.9 Å². The van der Waals surface area contributed by atoms with Crippen LogP contribution in [0.25, 0.3) is 0 Å². The van der Waals surface area contributed by atoms with Crippen LogP contribution >= 0.6 is 0 Å². The van der Waals surface area contributed by atoms with E-state index < -0.39 is 11.8 Å². The molecule has 1 aliphatic rings. The van der Waals surface area contributed by atoms with E-state index in [1.54, 1.807) is 7.05 Å².